The molecule has 2 heterocycles. The predicted molar refractivity (Wildman–Crippen MR) is 140 cm³/mol. The van der Waals surface area contributed by atoms with E-state index >= 15 is 0 Å². The fraction of sp³-hybridized carbons (Fsp3) is 0.200. The summed E-state index contributed by atoms with van der Waals surface area (Å²) in [7, 11) is 2.52. The first-order valence-corrected chi connectivity index (χ1v) is 12.1. The second-order valence-electron chi connectivity index (χ2n) is 9.52. The van der Waals surface area contributed by atoms with Crippen LogP contribution < -0.4 is 4.74 Å². The standard InChI is InChI=1S/C30H24O8/c1-30(13-12-19-22(28(33)35-2)24(31)16-9-5-7-11-18(16)27(19)38-30)21-14-20-23(29(34)36-3)25(32)15-8-4-6-10-17(15)26(20)37-21/h4-11,14,31-32H,12-13H2,1-3H3. The van der Waals surface area contributed by atoms with Gasteiger partial charge in [-0.25, -0.2) is 9.59 Å². The average molecular weight is 513 g/mol. The number of carbonyl (C=O) groups excluding carboxylic acids is 2. The number of hydrogen-bond acceptors (Lipinski definition) is 8. The van der Waals surface area contributed by atoms with Gasteiger partial charge >= 0.3 is 11.9 Å². The molecule has 1 unspecified atom stereocenters. The van der Waals surface area contributed by atoms with Crippen LogP contribution in [0.5, 0.6) is 17.2 Å². The number of hydrogen-bond donors (Lipinski definition) is 2. The Bertz CT molecular complexity index is 1800. The molecule has 4 aromatic carbocycles. The van der Waals surface area contributed by atoms with E-state index in [0.29, 0.717) is 62.4 Å². The molecule has 2 N–H and O–H groups in total. The van der Waals surface area contributed by atoms with Gasteiger partial charge in [-0.1, -0.05) is 48.5 Å². The minimum absolute atomic E-state index is 0.0133. The first kappa shape index (κ1) is 23.7. The van der Waals surface area contributed by atoms with Gasteiger partial charge in [0.1, 0.15) is 39.7 Å². The molecule has 0 saturated carbocycles. The van der Waals surface area contributed by atoms with E-state index in [1.807, 2.05) is 31.2 Å². The Morgan fingerprint density at radius 1 is 0.816 bits per heavy atom. The summed E-state index contributed by atoms with van der Waals surface area (Å²) < 4.78 is 22.9. The smallest absolute Gasteiger partial charge is 0.342 e. The molecule has 0 bridgehead atoms. The second-order valence-corrected chi connectivity index (χ2v) is 9.52. The van der Waals surface area contributed by atoms with E-state index in [1.165, 1.54) is 14.2 Å². The SMILES string of the molecule is COC(=O)c1c2c(c3ccccc3c1O)OC(C)(c1cc3c(C(=O)OC)c(O)c4ccccc4c3o1)CC2. The third-order valence-corrected chi connectivity index (χ3v) is 7.38. The summed E-state index contributed by atoms with van der Waals surface area (Å²) in [6, 6.07) is 15.9. The predicted octanol–water partition coefficient (Wildman–Crippen LogP) is 5.96. The van der Waals surface area contributed by atoms with Gasteiger partial charge in [0.2, 0.25) is 0 Å². The summed E-state index contributed by atoms with van der Waals surface area (Å²) in [5, 5.41) is 24.5. The molecule has 192 valence electrons. The molecule has 0 spiro atoms. The van der Waals surface area contributed by atoms with Gasteiger partial charge in [-0.15, -0.1) is 0 Å². The fourth-order valence-corrected chi connectivity index (χ4v) is 5.43. The van der Waals surface area contributed by atoms with Crippen LogP contribution >= 0.6 is 0 Å². The van der Waals surface area contributed by atoms with Gasteiger partial charge in [0.25, 0.3) is 0 Å². The van der Waals surface area contributed by atoms with Crippen molar-refractivity contribution >= 4 is 44.5 Å². The van der Waals surface area contributed by atoms with Crippen molar-refractivity contribution in [1.82, 2.24) is 0 Å². The van der Waals surface area contributed by atoms with Gasteiger partial charge in [-0.3, -0.25) is 0 Å². The molecule has 5 aromatic rings. The van der Waals surface area contributed by atoms with Crippen molar-refractivity contribution in [1.29, 1.82) is 0 Å². The van der Waals surface area contributed by atoms with E-state index in [0.717, 1.165) is 0 Å². The van der Waals surface area contributed by atoms with Crippen molar-refractivity contribution in [2.24, 2.45) is 0 Å². The largest absolute Gasteiger partial charge is 0.506 e. The van der Waals surface area contributed by atoms with Crippen LogP contribution in [0, 0.1) is 0 Å². The lowest BCUT2D eigenvalue weighted by molar-refractivity contribution is 0.0417. The Labute approximate surface area is 216 Å². The van der Waals surface area contributed by atoms with Crippen LogP contribution in [0.2, 0.25) is 0 Å². The van der Waals surface area contributed by atoms with E-state index in [2.05, 4.69) is 0 Å². The molecule has 0 fully saturated rings. The van der Waals surface area contributed by atoms with Crippen molar-refractivity contribution in [3.8, 4) is 17.2 Å². The van der Waals surface area contributed by atoms with E-state index in [1.54, 1.807) is 30.3 Å². The van der Waals surface area contributed by atoms with Crippen molar-refractivity contribution < 1.29 is 38.4 Å². The molecule has 6 rings (SSSR count). The molecule has 8 nitrogen and oxygen atoms in total. The van der Waals surface area contributed by atoms with Crippen LogP contribution in [0.15, 0.2) is 59.0 Å². The van der Waals surface area contributed by atoms with E-state index < -0.39 is 17.5 Å². The molecule has 8 heteroatoms. The monoisotopic (exact) mass is 512 g/mol. The number of fused-ring (bicyclic) bond motifs is 6. The molecule has 0 aliphatic carbocycles. The number of methoxy groups -OCH3 is 2. The zero-order valence-electron chi connectivity index (χ0n) is 21.0. The second kappa shape index (κ2) is 8.41. The van der Waals surface area contributed by atoms with Crippen molar-refractivity contribution in [3.63, 3.8) is 0 Å². The third-order valence-electron chi connectivity index (χ3n) is 7.38. The zero-order valence-corrected chi connectivity index (χ0v) is 21.0. The Morgan fingerprint density at radius 2 is 1.37 bits per heavy atom. The summed E-state index contributed by atoms with van der Waals surface area (Å²) in [6.45, 7) is 1.87. The highest BCUT2D eigenvalue weighted by molar-refractivity contribution is 6.18. The molecule has 0 radical (unpaired) electrons. The number of aromatic hydroxyl groups is 2. The molecule has 1 atom stereocenters. The zero-order chi connectivity index (χ0) is 26.8. The molecule has 38 heavy (non-hydrogen) atoms. The lowest BCUT2D eigenvalue weighted by Crippen LogP contribution is -2.34. The highest BCUT2D eigenvalue weighted by atomic mass is 16.5. The Hall–Kier alpha value is -4.72. The Morgan fingerprint density at radius 3 is 2.03 bits per heavy atom. The summed E-state index contributed by atoms with van der Waals surface area (Å²) in [6.07, 6.45) is 0.792. The van der Waals surface area contributed by atoms with Crippen LogP contribution in [0.3, 0.4) is 0 Å². The summed E-state index contributed by atoms with van der Waals surface area (Å²) in [5.74, 6) is -0.770. The minimum Gasteiger partial charge on any atom is -0.506 e. The van der Waals surface area contributed by atoms with Gasteiger partial charge in [-0.2, -0.15) is 0 Å². The maximum atomic E-state index is 12.7. The number of carbonyl (C=O) groups is 2. The molecule has 0 amide bonds. The quantitative estimate of drug-likeness (QED) is 0.284. The van der Waals surface area contributed by atoms with Gasteiger partial charge in [0.15, 0.2) is 5.60 Å². The summed E-state index contributed by atoms with van der Waals surface area (Å²) in [5.41, 5.74) is 0.0785. The number of benzene rings is 4. The molecule has 1 aromatic heterocycles. The topological polar surface area (TPSA) is 115 Å². The molecule has 1 aliphatic heterocycles. The van der Waals surface area contributed by atoms with Crippen molar-refractivity contribution in [2.75, 3.05) is 14.2 Å². The fourth-order valence-electron chi connectivity index (χ4n) is 5.43. The summed E-state index contributed by atoms with van der Waals surface area (Å²) in [4.78, 5) is 25.4. The van der Waals surface area contributed by atoms with Gasteiger partial charge < -0.3 is 28.8 Å². The van der Waals surface area contributed by atoms with E-state index in [-0.39, 0.29) is 22.6 Å². The van der Waals surface area contributed by atoms with Gasteiger partial charge in [-0.05, 0) is 25.8 Å². The lowest BCUT2D eigenvalue weighted by atomic mass is 9.86. The maximum Gasteiger partial charge on any atom is 0.342 e. The van der Waals surface area contributed by atoms with Gasteiger partial charge in [0.05, 0.1) is 14.2 Å². The number of phenols is 2. The molecular weight excluding hydrogens is 488 g/mol. The minimum atomic E-state index is -0.997. The first-order chi connectivity index (χ1) is 18.3. The van der Waals surface area contributed by atoms with Gasteiger partial charge in [0, 0.05) is 32.5 Å². The van der Waals surface area contributed by atoms with Crippen LogP contribution in [0.25, 0.3) is 32.5 Å². The normalized spacial score (nSPS) is 16.8. The number of phenolic OH excluding ortho intramolecular Hbond substituents is 2. The Kier molecular flexibility index (Phi) is 5.24. The average Bonchev–Trinajstić information content (AvgIpc) is 3.39. The Balaban J connectivity index is 1.59. The molecular formula is C30H24O8. The van der Waals surface area contributed by atoms with Crippen LogP contribution in [-0.4, -0.2) is 36.4 Å². The van der Waals surface area contributed by atoms with Crippen LogP contribution in [-0.2, 0) is 21.5 Å². The number of esters is 2. The highest BCUT2D eigenvalue weighted by Crippen LogP contribution is 2.50. The molecule has 1 aliphatic rings. The summed E-state index contributed by atoms with van der Waals surface area (Å²) >= 11 is 0. The number of rotatable bonds is 3. The van der Waals surface area contributed by atoms with Crippen molar-refractivity contribution in [2.45, 2.75) is 25.4 Å². The third kappa shape index (κ3) is 3.23. The van der Waals surface area contributed by atoms with E-state index in [9.17, 15) is 19.8 Å². The highest BCUT2D eigenvalue weighted by Gasteiger charge is 2.41. The van der Waals surface area contributed by atoms with Crippen LogP contribution in [0.1, 0.15) is 45.4 Å². The first-order valence-electron chi connectivity index (χ1n) is 12.1. The van der Waals surface area contributed by atoms with E-state index in [4.69, 9.17) is 18.6 Å². The lowest BCUT2D eigenvalue weighted by Gasteiger charge is -2.35. The van der Waals surface area contributed by atoms with Crippen LogP contribution in [0.4, 0.5) is 0 Å². The maximum absolute atomic E-state index is 12.7. The number of furan rings is 1. The number of ether oxygens (including phenoxy) is 3. The molecule has 0 saturated heterocycles. The van der Waals surface area contributed by atoms with Crippen molar-refractivity contribution in [3.05, 3.63) is 77.0 Å².